The minimum absolute atomic E-state index is 0.0652. The SMILES string of the molecule is C#CCC(CC)NC(=O)[C@H](N)CCC. The number of carbonyl (C=O) groups is 1. The number of nitrogens with one attached hydrogen (secondary N) is 1. The van der Waals surface area contributed by atoms with Crippen LogP contribution in [0, 0.1) is 12.3 Å². The highest BCUT2D eigenvalue weighted by Gasteiger charge is 2.15. The van der Waals surface area contributed by atoms with Gasteiger partial charge in [0.2, 0.25) is 5.91 Å². The molecule has 0 rings (SSSR count). The number of hydrogen-bond acceptors (Lipinski definition) is 2. The van der Waals surface area contributed by atoms with Gasteiger partial charge in [0, 0.05) is 12.5 Å². The summed E-state index contributed by atoms with van der Waals surface area (Å²) in [4.78, 5) is 11.5. The second-order valence-electron chi connectivity index (χ2n) is 3.42. The van der Waals surface area contributed by atoms with Crippen molar-refractivity contribution in [3.63, 3.8) is 0 Å². The van der Waals surface area contributed by atoms with Crippen LogP contribution in [0.15, 0.2) is 0 Å². The molecule has 3 heteroatoms. The third kappa shape index (κ3) is 4.88. The highest BCUT2D eigenvalue weighted by Crippen LogP contribution is 1.99. The zero-order valence-electron chi connectivity index (χ0n) is 9.05. The molecule has 0 aliphatic rings. The first-order chi connectivity index (χ1) is 6.65. The summed E-state index contributed by atoms with van der Waals surface area (Å²) in [6.07, 6.45) is 8.23. The summed E-state index contributed by atoms with van der Waals surface area (Å²) < 4.78 is 0. The largest absolute Gasteiger partial charge is 0.351 e. The molecule has 0 saturated carbocycles. The normalized spacial score (nSPS) is 14.1. The Labute approximate surface area is 86.4 Å². The van der Waals surface area contributed by atoms with Gasteiger partial charge >= 0.3 is 0 Å². The van der Waals surface area contributed by atoms with Crippen LogP contribution >= 0.6 is 0 Å². The average molecular weight is 196 g/mol. The third-order valence-corrected chi connectivity index (χ3v) is 2.14. The van der Waals surface area contributed by atoms with Gasteiger partial charge in [-0.2, -0.15) is 0 Å². The lowest BCUT2D eigenvalue weighted by molar-refractivity contribution is -0.123. The van der Waals surface area contributed by atoms with Crippen molar-refractivity contribution in [1.29, 1.82) is 0 Å². The molecule has 0 fully saturated rings. The fourth-order valence-electron chi connectivity index (χ4n) is 1.19. The van der Waals surface area contributed by atoms with Gasteiger partial charge in [-0.25, -0.2) is 0 Å². The van der Waals surface area contributed by atoms with Crippen molar-refractivity contribution in [1.82, 2.24) is 5.32 Å². The summed E-state index contributed by atoms with van der Waals surface area (Å²) in [6.45, 7) is 4.00. The van der Waals surface area contributed by atoms with E-state index in [1.54, 1.807) is 0 Å². The molecule has 3 nitrogen and oxygen atoms in total. The van der Waals surface area contributed by atoms with Crippen LogP contribution in [0.3, 0.4) is 0 Å². The van der Waals surface area contributed by atoms with Crippen molar-refractivity contribution >= 4 is 5.91 Å². The number of rotatable bonds is 6. The van der Waals surface area contributed by atoms with Gasteiger partial charge in [0.15, 0.2) is 0 Å². The number of hydrogen-bond donors (Lipinski definition) is 2. The molecular weight excluding hydrogens is 176 g/mol. The second kappa shape index (κ2) is 7.40. The molecule has 2 atom stereocenters. The van der Waals surface area contributed by atoms with E-state index in [0.29, 0.717) is 6.42 Å². The van der Waals surface area contributed by atoms with Gasteiger partial charge in [-0.3, -0.25) is 4.79 Å². The first kappa shape index (κ1) is 13.0. The second-order valence-corrected chi connectivity index (χ2v) is 3.42. The highest BCUT2D eigenvalue weighted by atomic mass is 16.2. The van der Waals surface area contributed by atoms with Crippen LogP contribution in [0.1, 0.15) is 39.5 Å². The van der Waals surface area contributed by atoms with Gasteiger partial charge in [-0.1, -0.05) is 20.3 Å². The Bertz CT molecular complexity index is 208. The van der Waals surface area contributed by atoms with E-state index < -0.39 is 6.04 Å². The van der Waals surface area contributed by atoms with E-state index in [1.807, 2.05) is 13.8 Å². The molecule has 0 aliphatic carbocycles. The fraction of sp³-hybridized carbons (Fsp3) is 0.727. The summed E-state index contributed by atoms with van der Waals surface area (Å²) in [5.74, 6) is 2.45. The van der Waals surface area contributed by atoms with Gasteiger partial charge in [-0.05, 0) is 12.8 Å². The van der Waals surface area contributed by atoms with Crippen molar-refractivity contribution < 1.29 is 4.79 Å². The van der Waals surface area contributed by atoms with Crippen LogP contribution in [-0.2, 0) is 4.79 Å². The summed E-state index contributed by atoms with van der Waals surface area (Å²) in [5.41, 5.74) is 5.66. The van der Waals surface area contributed by atoms with E-state index in [9.17, 15) is 4.79 Å². The van der Waals surface area contributed by atoms with Crippen LogP contribution in [0.25, 0.3) is 0 Å². The van der Waals surface area contributed by atoms with Crippen molar-refractivity contribution in [3.8, 4) is 12.3 Å². The van der Waals surface area contributed by atoms with Crippen molar-refractivity contribution in [2.45, 2.75) is 51.6 Å². The Balaban J connectivity index is 3.96. The molecule has 0 spiro atoms. The van der Waals surface area contributed by atoms with Crippen LogP contribution in [0.4, 0.5) is 0 Å². The van der Waals surface area contributed by atoms with E-state index in [0.717, 1.165) is 19.3 Å². The fourth-order valence-corrected chi connectivity index (χ4v) is 1.19. The van der Waals surface area contributed by atoms with Gasteiger partial charge in [-0.15, -0.1) is 12.3 Å². The number of amides is 1. The topological polar surface area (TPSA) is 55.1 Å². The van der Waals surface area contributed by atoms with Gasteiger partial charge in [0.25, 0.3) is 0 Å². The number of nitrogens with two attached hydrogens (primary N) is 1. The molecule has 0 aromatic rings. The maximum absolute atomic E-state index is 11.5. The van der Waals surface area contributed by atoms with Crippen molar-refractivity contribution in [3.05, 3.63) is 0 Å². The first-order valence-corrected chi connectivity index (χ1v) is 5.15. The molecule has 0 aromatic heterocycles. The van der Waals surface area contributed by atoms with E-state index >= 15 is 0 Å². The van der Waals surface area contributed by atoms with Crippen LogP contribution in [-0.4, -0.2) is 18.0 Å². The minimum Gasteiger partial charge on any atom is -0.351 e. The summed E-state index contributed by atoms with van der Waals surface area (Å²) >= 11 is 0. The molecule has 1 amide bonds. The molecule has 0 aliphatic heterocycles. The van der Waals surface area contributed by atoms with E-state index in [-0.39, 0.29) is 11.9 Å². The molecule has 0 bridgehead atoms. The van der Waals surface area contributed by atoms with E-state index in [1.165, 1.54) is 0 Å². The molecule has 0 aromatic carbocycles. The molecule has 3 N–H and O–H groups in total. The molecular formula is C11H20N2O. The Morgan fingerprint density at radius 2 is 2.21 bits per heavy atom. The summed E-state index contributed by atoms with van der Waals surface area (Å²) in [6, 6.07) is -0.331. The molecule has 0 radical (unpaired) electrons. The molecule has 80 valence electrons. The highest BCUT2D eigenvalue weighted by molar-refractivity contribution is 5.81. The number of carbonyl (C=O) groups excluding carboxylic acids is 1. The maximum atomic E-state index is 11.5. The maximum Gasteiger partial charge on any atom is 0.237 e. The Morgan fingerprint density at radius 1 is 1.57 bits per heavy atom. The Hall–Kier alpha value is -1.01. The standard InChI is InChI=1S/C11H20N2O/c1-4-7-9(6-3)13-11(14)10(12)8-5-2/h1,9-10H,5-8,12H2,2-3H3,(H,13,14)/t9?,10-/m1/s1. The third-order valence-electron chi connectivity index (χ3n) is 2.14. The van der Waals surface area contributed by atoms with Gasteiger partial charge in [0.05, 0.1) is 6.04 Å². The predicted octanol–water partition coefficient (Wildman–Crippen LogP) is 1.03. The van der Waals surface area contributed by atoms with E-state index in [4.69, 9.17) is 12.2 Å². The summed E-state index contributed by atoms with van der Waals surface area (Å²) in [5, 5.41) is 2.85. The Morgan fingerprint density at radius 3 is 2.64 bits per heavy atom. The lowest BCUT2D eigenvalue weighted by Gasteiger charge is -2.17. The smallest absolute Gasteiger partial charge is 0.237 e. The van der Waals surface area contributed by atoms with Gasteiger partial charge < -0.3 is 11.1 Å². The van der Waals surface area contributed by atoms with E-state index in [2.05, 4.69) is 11.2 Å². The lowest BCUT2D eigenvalue weighted by atomic mass is 10.1. The lowest BCUT2D eigenvalue weighted by Crippen LogP contribution is -2.45. The minimum atomic E-state index is -0.396. The van der Waals surface area contributed by atoms with Crippen LogP contribution in [0.5, 0.6) is 0 Å². The predicted molar refractivity (Wildman–Crippen MR) is 58.6 cm³/mol. The molecule has 0 heterocycles. The van der Waals surface area contributed by atoms with Crippen LogP contribution < -0.4 is 11.1 Å². The molecule has 1 unspecified atom stereocenters. The van der Waals surface area contributed by atoms with Crippen molar-refractivity contribution in [2.75, 3.05) is 0 Å². The monoisotopic (exact) mass is 196 g/mol. The first-order valence-electron chi connectivity index (χ1n) is 5.15. The average Bonchev–Trinajstić information content (AvgIpc) is 2.17. The molecule has 14 heavy (non-hydrogen) atoms. The van der Waals surface area contributed by atoms with Crippen LogP contribution in [0.2, 0.25) is 0 Å². The summed E-state index contributed by atoms with van der Waals surface area (Å²) in [7, 11) is 0. The van der Waals surface area contributed by atoms with Gasteiger partial charge in [0.1, 0.15) is 0 Å². The zero-order valence-corrected chi connectivity index (χ0v) is 9.05. The zero-order chi connectivity index (χ0) is 11.0. The van der Waals surface area contributed by atoms with Crippen molar-refractivity contribution in [2.24, 2.45) is 5.73 Å². The quantitative estimate of drug-likeness (QED) is 0.623. The Kier molecular flexibility index (Phi) is 6.87. The molecule has 0 saturated heterocycles. The number of terminal acetylenes is 1.